The highest BCUT2D eigenvalue weighted by Gasteiger charge is 2.11. The summed E-state index contributed by atoms with van der Waals surface area (Å²) in [5.74, 6) is -1.07. The molecule has 1 aromatic carbocycles. The molecule has 0 atom stereocenters. The van der Waals surface area contributed by atoms with Gasteiger partial charge in [-0.1, -0.05) is 17.7 Å². The van der Waals surface area contributed by atoms with Crippen molar-refractivity contribution in [2.45, 2.75) is 13.8 Å². The van der Waals surface area contributed by atoms with E-state index in [-0.39, 0.29) is 5.69 Å². The Morgan fingerprint density at radius 1 is 1.31 bits per heavy atom. The van der Waals surface area contributed by atoms with Gasteiger partial charge in [0.15, 0.2) is 0 Å². The fraction of sp³-hybridized carbons (Fsp3) is 0.167. The molecule has 0 amide bonds. The van der Waals surface area contributed by atoms with E-state index in [9.17, 15) is 4.79 Å². The van der Waals surface area contributed by atoms with Gasteiger partial charge in [-0.15, -0.1) is 0 Å². The van der Waals surface area contributed by atoms with Gasteiger partial charge in [0.1, 0.15) is 5.69 Å². The zero-order valence-corrected chi connectivity index (χ0v) is 9.67. The number of rotatable bonds is 1. The topological polar surface area (TPSA) is 50.2 Å². The van der Waals surface area contributed by atoms with Crippen LogP contribution in [0.3, 0.4) is 0 Å². The highest BCUT2D eigenvalue weighted by molar-refractivity contribution is 6.36. The number of carbonyl (C=O) groups is 1. The van der Waals surface area contributed by atoms with Crippen molar-refractivity contribution >= 4 is 28.5 Å². The van der Waals surface area contributed by atoms with Crippen molar-refractivity contribution in [2.75, 3.05) is 0 Å². The van der Waals surface area contributed by atoms with Crippen molar-refractivity contribution in [2.24, 2.45) is 0 Å². The van der Waals surface area contributed by atoms with Crippen molar-refractivity contribution < 1.29 is 9.90 Å². The van der Waals surface area contributed by atoms with Crippen molar-refractivity contribution in [1.82, 2.24) is 4.98 Å². The van der Waals surface area contributed by atoms with Crippen LogP contribution >= 0.6 is 11.6 Å². The maximum Gasteiger partial charge on any atom is 0.354 e. The third-order valence-electron chi connectivity index (χ3n) is 2.42. The van der Waals surface area contributed by atoms with E-state index in [4.69, 9.17) is 16.7 Å². The molecule has 2 aromatic rings. The van der Waals surface area contributed by atoms with Crippen LogP contribution in [-0.2, 0) is 0 Å². The summed E-state index contributed by atoms with van der Waals surface area (Å²) < 4.78 is 0. The van der Waals surface area contributed by atoms with Gasteiger partial charge in [0.2, 0.25) is 0 Å². The molecule has 0 unspecified atom stereocenters. The SMILES string of the molecule is Cc1cc(C)c2c(Cl)cc(C(=O)O)nc2c1. The summed E-state index contributed by atoms with van der Waals surface area (Å²) >= 11 is 6.06. The van der Waals surface area contributed by atoms with E-state index < -0.39 is 5.97 Å². The minimum Gasteiger partial charge on any atom is -0.477 e. The van der Waals surface area contributed by atoms with E-state index >= 15 is 0 Å². The fourth-order valence-corrected chi connectivity index (χ4v) is 2.16. The maximum absolute atomic E-state index is 10.8. The number of benzene rings is 1. The van der Waals surface area contributed by atoms with E-state index in [0.29, 0.717) is 10.5 Å². The monoisotopic (exact) mass is 235 g/mol. The summed E-state index contributed by atoms with van der Waals surface area (Å²) in [5.41, 5.74) is 2.64. The van der Waals surface area contributed by atoms with Crippen LogP contribution in [0, 0.1) is 13.8 Å². The lowest BCUT2D eigenvalue weighted by Crippen LogP contribution is -2.01. The molecule has 0 saturated heterocycles. The fourth-order valence-electron chi connectivity index (χ4n) is 1.81. The Morgan fingerprint density at radius 3 is 2.62 bits per heavy atom. The van der Waals surface area contributed by atoms with Gasteiger partial charge < -0.3 is 5.11 Å². The molecule has 0 aliphatic carbocycles. The van der Waals surface area contributed by atoms with Crippen LogP contribution < -0.4 is 0 Å². The van der Waals surface area contributed by atoms with Crippen molar-refractivity contribution in [3.05, 3.63) is 40.0 Å². The summed E-state index contributed by atoms with van der Waals surface area (Å²) in [4.78, 5) is 14.9. The largest absolute Gasteiger partial charge is 0.477 e. The maximum atomic E-state index is 10.8. The molecule has 0 spiro atoms. The Morgan fingerprint density at radius 2 is 2.00 bits per heavy atom. The zero-order chi connectivity index (χ0) is 11.9. The number of carboxylic acid groups (broad SMARTS) is 1. The van der Waals surface area contributed by atoms with Gasteiger partial charge in [0.25, 0.3) is 0 Å². The molecule has 0 aliphatic rings. The second-order valence-corrected chi connectivity index (χ2v) is 4.18. The molecule has 3 nitrogen and oxygen atoms in total. The summed E-state index contributed by atoms with van der Waals surface area (Å²) in [6.07, 6.45) is 0. The third-order valence-corrected chi connectivity index (χ3v) is 2.72. The predicted molar refractivity (Wildman–Crippen MR) is 63.2 cm³/mol. The first-order valence-electron chi connectivity index (χ1n) is 4.80. The summed E-state index contributed by atoms with van der Waals surface area (Å²) in [5, 5.41) is 10.1. The van der Waals surface area contributed by atoms with E-state index in [1.165, 1.54) is 6.07 Å². The van der Waals surface area contributed by atoms with Crippen LogP contribution in [0.15, 0.2) is 18.2 Å². The van der Waals surface area contributed by atoms with Gasteiger partial charge in [0, 0.05) is 5.39 Å². The van der Waals surface area contributed by atoms with Gasteiger partial charge in [-0.2, -0.15) is 0 Å². The smallest absolute Gasteiger partial charge is 0.354 e. The van der Waals surface area contributed by atoms with Gasteiger partial charge in [-0.3, -0.25) is 0 Å². The molecule has 4 heteroatoms. The second-order valence-electron chi connectivity index (χ2n) is 3.77. The Bertz CT molecular complexity index is 593. The number of hydrogen-bond acceptors (Lipinski definition) is 2. The molecule has 2 rings (SSSR count). The first-order chi connectivity index (χ1) is 7.49. The first-order valence-corrected chi connectivity index (χ1v) is 5.17. The average Bonchev–Trinajstić information content (AvgIpc) is 2.15. The van der Waals surface area contributed by atoms with Crippen molar-refractivity contribution in [1.29, 1.82) is 0 Å². The summed E-state index contributed by atoms with van der Waals surface area (Å²) in [6, 6.07) is 5.21. The number of carboxylic acids is 1. The van der Waals surface area contributed by atoms with Crippen LogP contribution in [0.25, 0.3) is 10.9 Å². The van der Waals surface area contributed by atoms with Crippen LogP contribution in [0.2, 0.25) is 5.02 Å². The highest BCUT2D eigenvalue weighted by Crippen LogP contribution is 2.27. The van der Waals surface area contributed by atoms with Gasteiger partial charge in [0.05, 0.1) is 10.5 Å². The molecule has 1 N–H and O–H groups in total. The van der Waals surface area contributed by atoms with Crippen LogP contribution in [0.4, 0.5) is 0 Å². The third kappa shape index (κ3) is 1.74. The minimum atomic E-state index is -1.07. The minimum absolute atomic E-state index is 0.0255. The molecular weight excluding hydrogens is 226 g/mol. The molecule has 1 heterocycles. The van der Waals surface area contributed by atoms with Gasteiger partial charge >= 0.3 is 5.97 Å². The Kier molecular flexibility index (Phi) is 2.56. The molecule has 16 heavy (non-hydrogen) atoms. The number of nitrogens with zero attached hydrogens (tertiary/aromatic N) is 1. The standard InChI is InChI=1S/C12H10ClNO2/c1-6-3-7(2)11-8(13)5-10(12(15)16)14-9(11)4-6/h3-5H,1-2H3,(H,15,16). The lowest BCUT2D eigenvalue weighted by Gasteiger charge is -2.06. The number of halogens is 1. The molecule has 82 valence electrons. The lowest BCUT2D eigenvalue weighted by molar-refractivity contribution is 0.0691. The average molecular weight is 236 g/mol. The highest BCUT2D eigenvalue weighted by atomic mass is 35.5. The van der Waals surface area contributed by atoms with E-state index in [1.807, 2.05) is 26.0 Å². The number of pyridine rings is 1. The normalized spacial score (nSPS) is 10.7. The van der Waals surface area contributed by atoms with E-state index in [0.717, 1.165) is 16.5 Å². The number of fused-ring (bicyclic) bond motifs is 1. The van der Waals surface area contributed by atoms with Crippen LogP contribution in [0.1, 0.15) is 21.6 Å². The van der Waals surface area contributed by atoms with E-state index in [1.54, 1.807) is 0 Å². The molecule has 0 radical (unpaired) electrons. The Hall–Kier alpha value is -1.61. The number of aryl methyl sites for hydroxylation is 2. The van der Waals surface area contributed by atoms with Gasteiger partial charge in [-0.05, 0) is 37.1 Å². The van der Waals surface area contributed by atoms with Crippen LogP contribution in [0.5, 0.6) is 0 Å². The number of hydrogen-bond donors (Lipinski definition) is 1. The zero-order valence-electron chi connectivity index (χ0n) is 8.91. The molecule has 0 saturated carbocycles. The van der Waals surface area contributed by atoms with Gasteiger partial charge in [-0.25, -0.2) is 9.78 Å². The molecule has 1 aromatic heterocycles. The Balaban J connectivity index is 2.87. The predicted octanol–water partition coefficient (Wildman–Crippen LogP) is 3.20. The van der Waals surface area contributed by atoms with Crippen molar-refractivity contribution in [3.8, 4) is 0 Å². The van der Waals surface area contributed by atoms with E-state index in [2.05, 4.69) is 4.98 Å². The summed E-state index contributed by atoms with van der Waals surface area (Å²) in [6.45, 7) is 3.87. The number of aromatic nitrogens is 1. The lowest BCUT2D eigenvalue weighted by atomic mass is 10.1. The molecule has 0 bridgehead atoms. The molecular formula is C12H10ClNO2. The first kappa shape index (κ1) is 10.9. The molecule has 0 fully saturated rings. The van der Waals surface area contributed by atoms with Crippen molar-refractivity contribution in [3.63, 3.8) is 0 Å². The molecule has 0 aliphatic heterocycles. The summed E-state index contributed by atoms with van der Waals surface area (Å²) in [7, 11) is 0. The second kappa shape index (κ2) is 3.76. The number of aromatic carboxylic acids is 1. The van der Waals surface area contributed by atoms with Crippen LogP contribution in [-0.4, -0.2) is 16.1 Å². The quantitative estimate of drug-likeness (QED) is 0.826. The Labute approximate surface area is 97.7 Å².